The standard InChI is InChI=1S/C13H13NO3S/c1-18(15,16)11-8-6-10(7-9-11)17-13-5-3-2-4-12(13)14/h2-9H,14H2,1H3. The third-order valence-electron chi connectivity index (χ3n) is 2.40. The van der Waals surface area contributed by atoms with E-state index in [0.717, 1.165) is 6.26 Å². The Morgan fingerprint density at radius 1 is 1.00 bits per heavy atom. The van der Waals surface area contributed by atoms with Gasteiger partial charge < -0.3 is 10.5 Å². The molecule has 2 rings (SSSR count). The van der Waals surface area contributed by atoms with E-state index in [9.17, 15) is 8.42 Å². The minimum absolute atomic E-state index is 0.260. The van der Waals surface area contributed by atoms with Gasteiger partial charge in [-0.05, 0) is 36.4 Å². The molecule has 5 heteroatoms. The molecule has 0 fully saturated rings. The smallest absolute Gasteiger partial charge is 0.175 e. The van der Waals surface area contributed by atoms with E-state index in [1.807, 2.05) is 12.1 Å². The van der Waals surface area contributed by atoms with E-state index in [1.165, 1.54) is 12.1 Å². The molecule has 2 aromatic carbocycles. The van der Waals surface area contributed by atoms with Crippen LogP contribution in [0.5, 0.6) is 11.5 Å². The molecule has 2 N–H and O–H groups in total. The predicted molar refractivity (Wildman–Crippen MR) is 70.5 cm³/mol. The first-order chi connectivity index (χ1) is 8.47. The highest BCUT2D eigenvalue weighted by molar-refractivity contribution is 7.90. The van der Waals surface area contributed by atoms with Crippen molar-refractivity contribution in [1.82, 2.24) is 0 Å². The minimum Gasteiger partial charge on any atom is -0.455 e. The highest BCUT2D eigenvalue weighted by Crippen LogP contribution is 2.27. The van der Waals surface area contributed by atoms with E-state index in [-0.39, 0.29) is 4.90 Å². The van der Waals surface area contributed by atoms with Crippen LogP contribution < -0.4 is 10.5 Å². The van der Waals surface area contributed by atoms with Gasteiger partial charge >= 0.3 is 0 Å². The molecule has 0 aliphatic carbocycles. The predicted octanol–water partition coefficient (Wildman–Crippen LogP) is 2.46. The van der Waals surface area contributed by atoms with Crippen molar-refractivity contribution in [3.05, 3.63) is 48.5 Å². The van der Waals surface area contributed by atoms with Crippen LogP contribution >= 0.6 is 0 Å². The normalized spacial score (nSPS) is 11.2. The van der Waals surface area contributed by atoms with Crippen LogP contribution in [0.3, 0.4) is 0 Å². The molecule has 18 heavy (non-hydrogen) atoms. The van der Waals surface area contributed by atoms with Crippen molar-refractivity contribution in [1.29, 1.82) is 0 Å². The molecule has 0 radical (unpaired) electrons. The fourth-order valence-electron chi connectivity index (χ4n) is 1.46. The summed E-state index contributed by atoms with van der Waals surface area (Å²) >= 11 is 0. The summed E-state index contributed by atoms with van der Waals surface area (Å²) in [5, 5.41) is 0. The van der Waals surface area contributed by atoms with E-state index in [0.29, 0.717) is 17.2 Å². The summed E-state index contributed by atoms with van der Waals surface area (Å²) in [6.07, 6.45) is 1.16. The van der Waals surface area contributed by atoms with E-state index in [1.54, 1.807) is 24.3 Å². The van der Waals surface area contributed by atoms with Crippen molar-refractivity contribution in [3.63, 3.8) is 0 Å². The molecule has 0 aromatic heterocycles. The molecule has 0 saturated carbocycles. The largest absolute Gasteiger partial charge is 0.455 e. The van der Waals surface area contributed by atoms with Crippen molar-refractivity contribution >= 4 is 15.5 Å². The number of rotatable bonds is 3. The maximum atomic E-state index is 11.3. The Labute approximate surface area is 106 Å². The van der Waals surface area contributed by atoms with E-state index < -0.39 is 9.84 Å². The Kier molecular flexibility index (Phi) is 3.25. The number of ether oxygens (including phenoxy) is 1. The van der Waals surface area contributed by atoms with Gasteiger partial charge in [-0.2, -0.15) is 0 Å². The molecule has 0 aliphatic rings. The van der Waals surface area contributed by atoms with E-state index >= 15 is 0 Å². The Morgan fingerprint density at radius 2 is 1.61 bits per heavy atom. The summed E-state index contributed by atoms with van der Waals surface area (Å²) in [7, 11) is -3.18. The maximum absolute atomic E-state index is 11.3. The van der Waals surface area contributed by atoms with Gasteiger partial charge in [0.15, 0.2) is 9.84 Å². The topological polar surface area (TPSA) is 69.4 Å². The Balaban J connectivity index is 2.24. The number of hydrogen-bond donors (Lipinski definition) is 1. The first-order valence-electron chi connectivity index (χ1n) is 5.29. The fraction of sp³-hybridized carbons (Fsp3) is 0.0769. The average molecular weight is 263 g/mol. The van der Waals surface area contributed by atoms with Crippen LogP contribution in [0.15, 0.2) is 53.4 Å². The van der Waals surface area contributed by atoms with Gasteiger partial charge in [0.1, 0.15) is 11.5 Å². The summed E-state index contributed by atoms with van der Waals surface area (Å²) < 4.78 is 28.1. The van der Waals surface area contributed by atoms with Crippen molar-refractivity contribution in [2.75, 3.05) is 12.0 Å². The molecular weight excluding hydrogens is 250 g/mol. The molecule has 0 heterocycles. The summed E-state index contributed by atoms with van der Waals surface area (Å²) in [6.45, 7) is 0. The maximum Gasteiger partial charge on any atom is 0.175 e. The van der Waals surface area contributed by atoms with Crippen LogP contribution in [0.2, 0.25) is 0 Å². The lowest BCUT2D eigenvalue weighted by Gasteiger charge is -2.08. The highest BCUT2D eigenvalue weighted by atomic mass is 32.2. The molecule has 4 nitrogen and oxygen atoms in total. The van der Waals surface area contributed by atoms with Gasteiger partial charge in [-0.3, -0.25) is 0 Å². The van der Waals surface area contributed by atoms with Crippen LogP contribution in [0.1, 0.15) is 0 Å². The number of sulfone groups is 1. The van der Waals surface area contributed by atoms with Gasteiger partial charge in [0.2, 0.25) is 0 Å². The van der Waals surface area contributed by atoms with Gasteiger partial charge in [-0.1, -0.05) is 12.1 Å². The summed E-state index contributed by atoms with van der Waals surface area (Å²) in [4.78, 5) is 0.260. The summed E-state index contributed by atoms with van der Waals surface area (Å²) in [6, 6.07) is 13.3. The lowest BCUT2D eigenvalue weighted by Crippen LogP contribution is -1.96. The Bertz CT molecular complexity index is 648. The second-order valence-corrected chi connectivity index (χ2v) is 5.90. The van der Waals surface area contributed by atoms with Crippen LogP contribution in [-0.2, 0) is 9.84 Å². The van der Waals surface area contributed by atoms with Gasteiger partial charge in [-0.25, -0.2) is 8.42 Å². The lowest BCUT2D eigenvalue weighted by molar-refractivity contribution is 0.484. The Morgan fingerprint density at radius 3 is 2.17 bits per heavy atom. The van der Waals surface area contributed by atoms with Gasteiger partial charge in [0.25, 0.3) is 0 Å². The molecule has 0 unspecified atom stereocenters. The van der Waals surface area contributed by atoms with Crippen LogP contribution in [0.25, 0.3) is 0 Å². The highest BCUT2D eigenvalue weighted by Gasteiger charge is 2.07. The van der Waals surface area contributed by atoms with Gasteiger partial charge in [-0.15, -0.1) is 0 Å². The second-order valence-electron chi connectivity index (χ2n) is 3.88. The number of nitrogens with two attached hydrogens (primary N) is 1. The quantitative estimate of drug-likeness (QED) is 0.864. The van der Waals surface area contributed by atoms with E-state index in [2.05, 4.69) is 0 Å². The zero-order valence-corrected chi connectivity index (χ0v) is 10.6. The number of anilines is 1. The number of hydrogen-bond acceptors (Lipinski definition) is 4. The third-order valence-corrected chi connectivity index (χ3v) is 3.53. The molecule has 0 amide bonds. The molecule has 0 aliphatic heterocycles. The first-order valence-corrected chi connectivity index (χ1v) is 7.18. The van der Waals surface area contributed by atoms with Gasteiger partial charge in [0.05, 0.1) is 10.6 Å². The SMILES string of the molecule is CS(=O)(=O)c1ccc(Oc2ccccc2N)cc1. The molecular formula is C13H13NO3S. The minimum atomic E-state index is -3.18. The molecule has 2 aromatic rings. The zero-order chi connectivity index (χ0) is 13.2. The molecule has 0 atom stereocenters. The van der Waals surface area contributed by atoms with Crippen molar-refractivity contribution in [3.8, 4) is 11.5 Å². The van der Waals surface area contributed by atoms with Crippen LogP contribution in [0, 0.1) is 0 Å². The zero-order valence-electron chi connectivity index (χ0n) is 9.83. The van der Waals surface area contributed by atoms with Gasteiger partial charge in [0, 0.05) is 6.26 Å². The van der Waals surface area contributed by atoms with Crippen molar-refractivity contribution in [2.45, 2.75) is 4.90 Å². The first kappa shape index (κ1) is 12.4. The van der Waals surface area contributed by atoms with Crippen LogP contribution in [-0.4, -0.2) is 14.7 Å². The lowest BCUT2D eigenvalue weighted by atomic mass is 10.3. The number of nitrogen functional groups attached to an aromatic ring is 1. The Hall–Kier alpha value is -2.01. The van der Waals surface area contributed by atoms with E-state index in [4.69, 9.17) is 10.5 Å². The second kappa shape index (κ2) is 4.70. The average Bonchev–Trinajstić information content (AvgIpc) is 2.32. The number of para-hydroxylation sites is 2. The van der Waals surface area contributed by atoms with Crippen molar-refractivity contribution in [2.24, 2.45) is 0 Å². The fourth-order valence-corrected chi connectivity index (χ4v) is 2.09. The monoisotopic (exact) mass is 263 g/mol. The molecule has 0 bridgehead atoms. The van der Waals surface area contributed by atoms with Crippen molar-refractivity contribution < 1.29 is 13.2 Å². The molecule has 0 saturated heterocycles. The molecule has 0 spiro atoms. The number of benzene rings is 2. The third kappa shape index (κ3) is 2.81. The summed E-state index contributed by atoms with van der Waals surface area (Å²) in [5.74, 6) is 1.09. The van der Waals surface area contributed by atoms with Crippen LogP contribution in [0.4, 0.5) is 5.69 Å². The molecule has 94 valence electrons. The summed E-state index contributed by atoms with van der Waals surface area (Å²) in [5.41, 5.74) is 6.28.